The largest absolute Gasteiger partial charge is 0.465 e. The fourth-order valence-electron chi connectivity index (χ4n) is 3.27. The topological polar surface area (TPSA) is 29.5 Å². The summed E-state index contributed by atoms with van der Waals surface area (Å²) < 4.78 is 5.46. The molecule has 3 nitrogen and oxygen atoms in total. The second kappa shape index (κ2) is 20.7. The van der Waals surface area contributed by atoms with Gasteiger partial charge in [-0.3, -0.25) is 9.69 Å². The van der Waals surface area contributed by atoms with Crippen LogP contribution in [0.3, 0.4) is 0 Å². The van der Waals surface area contributed by atoms with Crippen molar-refractivity contribution in [2.75, 3.05) is 26.2 Å². The van der Waals surface area contributed by atoms with Crippen LogP contribution in [0.4, 0.5) is 0 Å². The summed E-state index contributed by atoms with van der Waals surface area (Å²) in [6.07, 6.45) is 18.9. The van der Waals surface area contributed by atoms with E-state index < -0.39 is 0 Å². The molecule has 0 saturated heterocycles. The molecule has 0 atom stereocenters. The lowest BCUT2D eigenvalue weighted by Crippen LogP contribution is -2.33. The molecular formula is C23H47NO2. The molecule has 0 aliphatic heterocycles. The van der Waals surface area contributed by atoms with Gasteiger partial charge in [-0.1, -0.05) is 97.8 Å². The van der Waals surface area contributed by atoms with Crippen molar-refractivity contribution in [2.45, 2.75) is 117 Å². The Bertz CT molecular complexity index is 280. The summed E-state index contributed by atoms with van der Waals surface area (Å²) in [4.78, 5) is 14.5. The molecular weight excluding hydrogens is 322 g/mol. The van der Waals surface area contributed by atoms with Crippen LogP contribution >= 0.6 is 0 Å². The van der Waals surface area contributed by atoms with Gasteiger partial charge in [0, 0.05) is 0 Å². The fraction of sp³-hybridized carbons (Fsp3) is 0.957. The summed E-state index contributed by atoms with van der Waals surface area (Å²) in [6, 6.07) is 0. The predicted molar refractivity (Wildman–Crippen MR) is 114 cm³/mol. The van der Waals surface area contributed by atoms with E-state index >= 15 is 0 Å². The third kappa shape index (κ3) is 18.2. The van der Waals surface area contributed by atoms with E-state index in [9.17, 15) is 4.79 Å². The Balaban J connectivity index is 3.95. The molecule has 0 aliphatic carbocycles. The van der Waals surface area contributed by atoms with Crippen LogP contribution < -0.4 is 0 Å². The maximum Gasteiger partial charge on any atom is 0.320 e. The number of rotatable bonds is 20. The zero-order chi connectivity index (χ0) is 19.3. The van der Waals surface area contributed by atoms with Gasteiger partial charge in [0.25, 0.3) is 0 Å². The maximum absolute atomic E-state index is 12.1. The van der Waals surface area contributed by atoms with Crippen molar-refractivity contribution < 1.29 is 9.53 Å². The van der Waals surface area contributed by atoms with Gasteiger partial charge in [0.1, 0.15) is 0 Å². The van der Waals surface area contributed by atoms with E-state index in [2.05, 4.69) is 25.7 Å². The molecule has 26 heavy (non-hydrogen) atoms. The van der Waals surface area contributed by atoms with Crippen molar-refractivity contribution in [3.05, 3.63) is 0 Å². The molecule has 0 unspecified atom stereocenters. The first-order chi connectivity index (χ1) is 12.7. The number of carbonyl (C=O) groups is 1. The van der Waals surface area contributed by atoms with E-state index in [4.69, 9.17) is 4.74 Å². The molecule has 0 aromatic carbocycles. The van der Waals surface area contributed by atoms with Crippen molar-refractivity contribution in [1.82, 2.24) is 4.90 Å². The monoisotopic (exact) mass is 369 g/mol. The SMILES string of the molecule is CCCCCCCOC(=O)CN(CCCCCCC)CCCCCCC. The van der Waals surface area contributed by atoms with Gasteiger partial charge in [-0.2, -0.15) is 0 Å². The summed E-state index contributed by atoms with van der Waals surface area (Å²) in [7, 11) is 0. The summed E-state index contributed by atoms with van der Waals surface area (Å²) >= 11 is 0. The minimum Gasteiger partial charge on any atom is -0.465 e. The third-order valence-electron chi connectivity index (χ3n) is 5.02. The van der Waals surface area contributed by atoms with Gasteiger partial charge in [0.2, 0.25) is 0 Å². The number of unbranched alkanes of at least 4 members (excludes halogenated alkanes) is 12. The number of nitrogens with zero attached hydrogens (tertiary/aromatic N) is 1. The van der Waals surface area contributed by atoms with Gasteiger partial charge < -0.3 is 4.74 Å². The molecule has 0 aliphatic rings. The van der Waals surface area contributed by atoms with Crippen molar-refractivity contribution >= 4 is 5.97 Å². The lowest BCUT2D eigenvalue weighted by Gasteiger charge is -2.21. The van der Waals surface area contributed by atoms with Crippen molar-refractivity contribution in [3.63, 3.8) is 0 Å². The normalized spacial score (nSPS) is 11.2. The Morgan fingerprint density at radius 2 is 1.04 bits per heavy atom. The van der Waals surface area contributed by atoms with Crippen LogP contribution in [0.2, 0.25) is 0 Å². The molecule has 3 heteroatoms. The van der Waals surface area contributed by atoms with E-state index in [1.54, 1.807) is 0 Å². The molecule has 0 radical (unpaired) electrons. The van der Waals surface area contributed by atoms with E-state index in [0.29, 0.717) is 13.2 Å². The minimum absolute atomic E-state index is 0.0254. The highest BCUT2D eigenvalue weighted by molar-refractivity contribution is 5.71. The van der Waals surface area contributed by atoms with E-state index in [1.807, 2.05) is 0 Å². The standard InChI is InChI=1S/C23H47NO2/c1-4-7-10-13-16-19-24(20-17-14-11-8-5-2)22-23(25)26-21-18-15-12-9-6-3/h4-22H2,1-3H3. The molecule has 0 N–H and O–H groups in total. The zero-order valence-corrected chi connectivity index (χ0v) is 18.2. The molecule has 0 fully saturated rings. The average Bonchev–Trinajstić information content (AvgIpc) is 2.64. The number of carbonyl (C=O) groups excluding carboxylic acids is 1. The molecule has 0 saturated carbocycles. The number of hydrogen-bond acceptors (Lipinski definition) is 3. The summed E-state index contributed by atoms with van der Waals surface area (Å²) in [5.41, 5.74) is 0. The van der Waals surface area contributed by atoms with Gasteiger partial charge in [-0.05, 0) is 32.4 Å². The van der Waals surface area contributed by atoms with Crippen molar-refractivity contribution in [3.8, 4) is 0 Å². The van der Waals surface area contributed by atoms with Gasteiger partial charge >= 0.3 is 5.97 Å². The van der Waals surface area contributed by atoms with Crippen LogP contribution in [0, 0.1) is 0 Å². The van der Waals surface area contributed by atoms with E-state index in [1.165, 1.54) is 89.9 Å². The number of esters is 1. The van der Waals surface area contributed by atoms with Crippen LogP contribution in [-0.4, -0.2) is 37.1 Å². The molecule has 0 rings (SSSR count). The lowest BCUT2D eigenvalue weighted by molar-refractivity contribution is -0.145. The highest BCUT2D eigenvalue weighted by Crippen LogP contribution is 2.08. The Morgan fingerprint density at radius 3 is 1.50 bits per heavy atom. The molecule has 0 bridgehead atoms. The van der Waals surface area contributed by atoms with Crippen molar-refractivity contribution in [1.29, 1.82) is 0 Å². The Hall–Kier alpha value is -0.570. The number of hydrogen-bond donors (Lipinski definition) is 0. The maximum atomic E-state index is 12.1. The highest BCUT2D eigenvalue weighted by atomic mass is 16.5. The van der Waals surface area contributed by atoms with Gasteiger partial charge in [-0.25, -0.2) is 0 Å². The molecule has 0 aromatic rings. The van der Waals surface area contributed by atoms with E-state index in [-0.39, 0.29) is 5.97 Å². The zero-order valence-electron chi connectivity index (χ0n) is 18.2. The summed E-state index contributed by atoms with van der Waals surface area (Å²) in [6.45, 7) is 9.90. The highest BCUT2D eigenvalue weighted by Gasteiger charge is 2.11. The third-order valence-corrected chi connectivity index (χ3v) is 5.02. The second-order valence-electron chi connectivity index (χ2n) is 7.74. The summed E-state index contributed by atoms with van der Waals surface area (Å²) in [5, 5.41) is 0. The van der Waals surface area contributed by atoms with Crippen molar-refractivity contribution in [2.24, 2.45) is 0 Å². The molecule has 156 valence electrons. The summed E-state index contributed by atoms with van der Waals surface area (Å²) in [5.74, 6) is -0.0254. The Kier molecular flexibility index (Phi) is 20.3. The quantitative estimate of drug-likeness (QED) is 0.176. The second-order valence-corrected chi connectivity index (χ2v) is 7.74. The van der Waals surface area contributed by atoms with E-state index in [0.717, 1.165) is 19.5 Å². The Labute approximate surface area is 164 Å². The molecule has 0 aromatic heterocycles. The van der Waals surface area contributed by atoms with Gasteiger partial charge in [0.05, 0.1) is 13.2 Å². The first-order valence-electron chi connectivity index (χ1n) is 11.6. The van der Waals surface area contributed by atoms with Crippen LogP contribution in [0.5, 0.6) is 0 Å². The molecule has 0 heterocycles. The minimum atomic E-state index is -0.0254. The Morgan fingerprint density at radius 1 is 0.615 bits per heavy atom. The first kappa shape index (κ1) is 25.4. The molecule has 0 amide bonds. The smallest absolute Gasteiger partial charge is 0.320 e. The lowest BCUT2D eigenvalue weighted by atomic mass is 10.1. The van der Waals surface area contributed by atoms with Crippen LogP contribution in [0.25, 0.3) is 0 Å². The van der Waals surface area contributed by atoms with Crippen LogP contribution in [-0.2, 0) is 9.53 Å². The average molecular weight is 370 g/mol. The van der Waals surface area contributed by atoms with Gasteiger partial charge in [0.15, 0.2) is 0 Å². The first-order valence-corrected chi connectivity index (χ1v) is 11.6. The predicted octanol–water partition coefficient (Wildman–Crippen LogP) is 6.74. The molecule has 0 spiro atoms. The number of ether oxygens (including phenoxy) is 1. The van der Waals surface area contributed by atoms with Crippen LogP contribution in [0.1, 0.15) is 117 Å². The fourth-order valence-corrected chi connectivity index (χ4v) is 3.27. The van der Waals surface area contributed by atoms with Crippen LogP contribution in [0.15, 0.2) is 0 Å². The van der Waals surface area contributed by atoms with Gasteiger partial charge in [-0.15, -0.1) is 0 Å².